The number of rotatable bonds is 3. The number of aromatic hydroxyl groups is 1. The van der Waals surface area contributed by atoms with Crippen LogP contribution in [0.4, 0.5) is 4.39 Å². The summed E-state index contributed by atoms with van der Waals surface area (Å²) in [5.74, 6) is -0.964. The van der Waals surface area contributed by atoms with Gasteiger partial charge in [0, 0.05) is 18.2 Å². The maximum absolute atomic E-state index is 13.8. The summed E-state index contributed by atoms with van der Waals surface area (Å²) in [5.41, 5.74) is 6.24. The second-order valence-corrected chi connectivity index (χ2v) is 5.92. The first-order chi connectivity index (χ1) is 11.3. The smallest absolute Gasteiger partial charge is 0.169 e. The Labute approximate surface area is 144 Å². The van der Waals surface area contributed by atoms with Crippen molar-refractivity contribution in [1.82, 2.24) is 10.5 Å². The van der Waals surface area contributed by atoms with E-state index in [1.165, 1.54) is 19.2 Å². The van der Waals surface area contributed by atoms with Crippen molar-refractivity contribution in [3.8, 4) is 16.9 Å². The molecule has 5 nitrogen and oxygen atoms in total. The number of nitrogens with zero attached hydrogens (tertiary/aromatic N) is 1. The number of nitrogens with one attached hydrogen (secondary N) is 2. The topological polar surface area (TPSA) is 80.6 Å². The fourth-order valence-corrected chi connectivity index (χ4v) is 2.72. The second-order valence-electron chi connectivity index (χ2n) is 5.54. The van der Waals surface area contributed by atoms with Crippen LogP contribution in [0.15, 0.2) is 28.8 Å². The molecule has 128 valence electrons. The molecule has 24 heavy (non-hydrogen) atoms. The van der Waals surface area contributed by atoms with E-state index in [-0.39, 0.29) is 11.0 Å². The number of hydrogen-bond donors (Lipinski definition) is 4. The van der Waals surface area contributed by atoms with Crippen LogP contribution in [0.25, 0.3) is 16.7 Å². The van der Waals surface area contributed by atoms with Gasteiger partial charge < -0.3 is 10.1 Å². The number of aromatic amines is 1. The Balaban J connectivity index is 2.85. The average Bonchev–Trinajstić information content (AvgIpc) is 2.87. The van der Waals surface area contributed by atoms with Crippen molar-refractivity contribution in [2.75, 3.05) is 7.05 Å². The Morgan fingerprint density at radius 1 is 1.29 bits per heavy atom. The Bertz CT molecular complexity index is 837. The first-order valence-corrected chi connectivity index (χ1v) is 7.61. The van der Waals surface area contributed by atoms with Gasteiger partial charge in [0.25, 0.3) is 0 Å². The zero-order valence-corrected chi connectivity index (χ0v) is 14.6. The van der Waals surface area contributed by atoms with Crippen LogP contribution >= 0.6 is 11.6 Å². The summed E-state index contributed by atoms with van der Waals surface area (Å²) in [6, 6.07) is 4.06. The molecule has 0 aliphatic heterocycles. The number of amidine groups is 1. The van der Waals surface area contributed by atoms with Gasteiger partial charge in [0.1, 0.15) is 5.15 Å². The van der Waals surface area contributed by atoms with Crippen molar-refractivity contribution in [2.45, 2.75) is 20.8 Å². The Morgan fingerprint density at radius 3 is 2.46 bits per heavy atom. The van der Waals surface area contributed by atoms with Gasteiger partial charge in [0.2, 0.25) is 0 Å². The van der Waals surface area contributed by atoms with E-state index in [9.17, 15) is 14.7 Å². The lowest BCUT2D eigenvalue weighted by molar-refractivity contribution is 0.234. The predicted octanol–water partition coefficient (Wildman–Crippen LogP) is 4.35. The standard InChI is InChI=1S/C17H19ClFN3O2/c1-8(2)9(3)13-14(10-5-6-12(23)11(19)7-10)16(18)21-15(13)17(20-4)22-24/h5-7,21,23-24H,1-4H3,(H,20,22). The SMILES string of the molecule is CN=C(NO)c1[nH]c(Cl)c(-c2ccc(O)c(F)c2)c1C(C)=C(C)C. The Hall–Kier alpha value is -2.31. The Kier molecular flexibility index (Phi) is 5.31. The highest BCUT2D eigenvalue weighted by molar-refractivity contribution is 6.33. The van der Waals surface area contributed by atoms with Crippen molar-refractivity contribution in [2.24, 2.45) is 4.99 Å². The molecule has 7 heteroatoms. The third kappa shape index (κ3) is 3.16. The van der Waals surface area contributed by atoms with E-state index in [1.54, 1.807) is 6.07 Å². The zero-order chi connectivity index (χ0) is 18.0. The third-order valence-corrected chi connectivity index (χ3v) is 4.17. The van der Waals surface area contributed by atoms with Gasteiger partial charge in [0.15, 0.2) is 17.4 Å². The molecule has 2 rings (SSSR count). The first kappa shape index (κ1) is 18.0. The first-order valence-electron chi connectivity index (χ1n) is 7.23. The van der Waals surface area contributed by atoms with Crippen LogP contribution in [0.5, 0.6) is 5.75 Å². The van der Waals surface area contributed by atoms with Crippen LogP contribution in [-0.2, 0) is 0 Å². The quantitative estimate of drug-likeness (QED) is 0.377. The van der Waals surface area contributed by atoms with E-state index >= 15 is 0 Å². The lowest BCUT2D eigenvalue weighted by atomic mass is 9.94. The molecular formula is C17H19ClFN3O2. The van der Waals surface area contributed by atoms with Gasteiger partial charge in [-0.1, -0.05) is 23.2 Å². The van der Waals surface area contributed by atoms with Crippen molar-refractivity contribution >= 4 is 23.0 Å². The van der Waals surface area contributed by atoms with Crippen molar-refractivity contribution in [3.05, 3.63) is 46.0 Å². The molecule has 0 bridgehead atoms. The average molecular weight is 352 g/mol. The predicted molar refractivity (Wildman–Crippen MR) is 94.2 cm³/mol. The molecule has 1 aromatic carbocycles. The van der Waals surface area contributed by atoms with Gasteiger partial charge >= 0.3 is 0 Å². The van der Waals surface area contributed by atoms with Gasteiger partial charge in [-0.2, -0.15) is 0 Å². The summed E-state index contributed by atoms with van der Waals surface area (Å²) in [7, 11) is 1.52. The van der Waals surface area contributed by atoms with E-state index < -0.39 is 11.6 Å². The van der Waals surface area contributed by atoms with E-state index in [4.69, 9.17) is 11.6 Å². The van der Waals surface area contributed by atoms with E-state index in [1.807, 2.05) is 26.3 Å². The van der Waals surface area contributed by atoms with Gasteiger partial charge in [-0.25, -0.2) is 4.39 Å². The molecule has 0 aliphatic carbocycles. The third-order valence-electron chi connectivity index (χ3n) is 3.88. The minimum Gasteiger partial charge on any atom is -0.505 e. The van der Waals surface area contributed by atoms with Gasteiger partial charge in [0.05, 0.1) is 5.69 Å². The number of aromatic nitrogens is 1. The van der Waals surface area contributed by atoms with Crippen LogP contribution in [-0.4, -0.2) is 28.2 Å². The Morgan fingerprint density at radius 2 is 1.96 bits per heavy atom. The number of halogens is 2. The van der Waals surface area contributed by atoms with E-state index in [0.717, 1.165) is 11.1 Å². The molecule has 0 saturated carbocycles. The molecule has 0 amide bonds. The monoisotopic (exact) mass is 351 g/mol. The molecule has 1 heterocycles. The number of hydroxylamine groups is 1. The molecule has 0 atom stereocenters. The van der Waals surface area contributed by atoms with Crippen molar-refractivity contribution < 1.29 is 14.7 Å². The molecule has 0 unspecified atom stereocenters. The maximum Gasteiger partial charge on any atom is 0.169 e. The minimum atomic E-state index is -0.739. The summed E-state index contributed by atoms with van der Waals surface area (Å²) < 4.78 is 13.8. The summed E-state index contributed by atoms with van der Waals surface area (Å²) in [5, 5.41) is 19.0. The minimum absolute atomic E-state index is 0.206. The van der Waals surface area contributed by atoms with Crippen LogP contribution in [0.3, 0.4) is 0 Å². The molecule has 2 aromatic rings. The van der Waals surface area contributed by atoms with Crippen molar-refractivity contribution in [3.63, 3.8) is 0 Å². The highest BCUT2D eigenvalue weighted by Crippen LogP contribution is 2.39. The summed E-state index contributed by atoms with van der Waals surface area (Å²) in [6.07, 6.45) is 0. The molecular weight excluding hydrogens is 333 g/mol. The number of phenols is 1. The molecule has 0 saturated heterocycles. The molecule has 4 N–H and O–H groups in total. The fourth-order valence-electron chi connectivity index (χ4n) is 2.42. The summed E-state index contributed by atoms with van der Waals surface area (Å²) in [6.45, 7) is 5.79. The summed E-state index contributed by atoms with van der Waals surface area (Å²) >= 11 is 6.36. The van der Waals surface area contributed by atoms with E-state index in [2.05, 4.69) is 9.98 Å². The van der Waals surface area contributed by atoms with Crippen LogP contribution in [0, 0.1) is 5.82 Å². The second kappa shape index (κ2) is 7.07. The lowest BCUT2D eigenvalue weighted by Crippen LogP contribution is -2.21. The van der Waals surface area contributed by atoms with E-state index in [0.29, 0.717) is 22.4 Å². The van der Waals surface area contributed by atoms with Gasteiger partial charge in [-0.3, -0.25) is 15.7 Å². The van der Waals surface area contributed by atoms with Crippen LogP contribution < -0.4 is 5.48 Å². The molecule has 0 fully saturated rings. The molecule has 0 radical (unpaired) electrons. The number of allylic oxidation sites excluding steroid dienone is 2. The van der Waals surface area contributed by atoms with Gasteiger partial charge in [-0.05, 0) is 44.0 Å². The summed E-state index contributed by atoms with van der Waals surface area (Å²) in [4.78, 5) is 6.96. The normalized spacial score (nSPS) is 11.5. The molecule has 0 aliphatic rings. The van der Waals surface area contributed by atoms with Crippen LogP contribution in [0.1, 0.15) is 32.0 Å². The molecule has 1 aromatic heterocycles. The molecule has 0 spiro atoms. The fraction of sp³-hybridized carbons (Fsp3) is 0.235. The maximum atomic E-state index is 13.8. The highest BCUT2D eigenvalue weighted by atomic mass is 35.5. The van der Waals surface area contributed by atoms with Crippen LogP contribution in [0.2, 0.25) is 5.15 Å². The largest absolute Gasteiger partial charge is 0.505 e. The lowest BCUT2D eigenvalue weighted by Gasteiger charge is -2.11. The highest BCUT2D eigenvalue weighted by Gasteiger charge is 2.23. The number of phenolic OH excluding ortho intramolecular Hbond substituents is 1. The number of aliphatic imine (C=N–C) groups is 1. The number of hydrogen-bond acceptors (Lipinski definition) is 3. The number of benzene rings is 1. The van der Waals surface area contributed by atoms with Gasteiger partial charge in [-0.15, -0.1) is 0 Å². The number of H-pyrrole nitrogens is 1. The van der Waals surface area contributed by atoms with Crippen molar-refractivity contribution in [1.29, 1.82) is 0 Å². The zero-order valence-electron chi connectivity index (χ0n) is 13.8.